The second-order valence-corrected chi connectivity index (χ2v) is 7.99. The number of amides is 1. The molecule has 3 aromatic rings. The van der Waals surface area contributed by atoms with Crippen molar-refractivity contribution in [3.63, 3.8) is 0 Å². The van der Waals surface area contributed by atoms with Gasteiger partial charge in [0.15, 0.2) is 0 Å². The Morgan fingerprint density at radius 1 is 1.11 bits per heavy atom. The highest BCUT2D eigenvalue weighted by Gasteiger charge is 2.29. The summed E-state index contributed by atoms with van der Waals surface area (Å²) < 4.78 is 2.02. The number of piperidine rings is 1. The van der Waals surface area contributed by atoms with Crippen LogP contribution in [0, 0.1) is 12.8 Å². The lowest BCUT2D eigenvalue weighted by molar-refractivity contribution is 0.0462. The molecule has 1 aromatic heterocycles. The Kier molecular flexibility index (Phi) is 5.23. The molecule has 4 nitrogen and oxygen atoms in total. The molecular formula is C24H28N2O2. The maximum absolute atomic E-state index is 13.1. The van der Waals surface area contributed by atoms with Crippen LogP contribution in [0.1, 0.15) is 34.5 Å². The maximum atomic E-state index is 13.1. The zero-order chi connectivity index (χ0) is 19.7. The van der Waals surface area contributed by atoms with Crippen LogP contribution < -0.4 is 0 Å². The van der Waals surface area contributed by atoms with Crippen LogP contribution in [0.3, 0.4) is 0 Å². The molecule has 2 heterocycles. The van der Waals surface area contributed by atoms with Crippen molar-refractivity contribution in [1.82, 2.24) is 9.47 Å². The molecule has 1 amide bonds. The summed E-state index contributed by atoms with van der Waals surface area (Å²) in [6, 6.07) is 18.3. The maximum Gasteiger partial charge on any atom is 0.270 e. The molecule has 1 aliphatic rings. The van der Waals surface area contributed by atoms with E-state index in [1.807, 2.05) is 46.8 Å². The van der Waals surface area contributed by atoms with Gasteiger partial charge in [0.2, 0.25) is 0 Å². The summed E-state index contributed by atoms with van der Waals surface area (Å²) in [6.07, 6.45) is 2.04. The molecule has 0 saturated carbocycles. The van der Waals surface area contributed by atoms with Crippen molar-refractivity contribution in [1.29, 1.82) is 0 Å². The highest BCUT2D eigenvalue weighted by Crippen LogP contribution is 2.27. The third-order valence-corrected chi connectivity index (χ3v) is 6.14. The Labute approximate surface area is 166 Å². The zero-order valence-corrected chi connectivity index (χ0v) is 16.6. The summed E-state index contributed by atoms with van der Waals surface area (Å²) in [7, 11) is 1.97. The van der Waals surface area contributed by atoms with Gasteiger partial charge >= 0.3 is 0 Å². The number of carbonyl (C=O) groups is 1. The fraction of sp³-hybridized carbons (Fsp3) is 0.375. The first-order chi connectivity index (χ1) is 13.5. The molecule has 0 unspecified atom stereocenters. The van der Waals surface area contributed by atoms with Gasteiger partial charge in [-0.15, -0.1) is 0 Å². The number of hydrogen-bond acceptors (Lipinski definition) is 2. The van der Waals surface area contributed by atoms with Crippen LogP contribution in [-0.2, 0) is 13.5 Å². The van der Waals surface area contributed by atoms with E-state index in [0.29, 0.717) is 19.5 Å². The average molecular weight is 377 g/mol. The molecule has 0 spiro atoms. The number of aliphatic hydroxyl groups is 1. The Hall–Kier alpha value is -2.59. The summed E-state index contributed by atoms with van der Waals surface area (Å²) in [5, 5.41) is 11.7. The molecule has 4 heteroatoms. The van der Waals surface area contributed by atoms with Crippen LogP contribution in [0.15, 0.2) is 54.6 Å². The lowest BCUT2D eigenvalue weighted by atomic mass is 9.88. The van der Waals surface area contributed by atoms with Gasteiger partial charge in [0, 0.05) is 25.5 Å². The number of benzene rings is 2. The van der Waals surface area contributed by atoms with Crippen LogP contribution in [0.5, 0.6) is 0 Å². The second kappa shape index (κ2) is 7.80. The lowest BCUT2D eigenvalue weighted by Gasteiger charge is -2.34. The SMILES string of the molecule is Cc1cccc2cc(C(=O)N3CCC([C@H](O)Cc4ccccc4)CC3)n(C)c12. The number of carbonyl (C=O) groups excluding carboxylic acids is 1. The molecule has 0 bridgehead atoms. The number of aromatic nitrogens is 1. The van der Waals surface area contributed by atoms with Crippen LogP contribution in [0.2, 0.25) is 0 Å². The smallest absolute Gasteiger partial charge is 0.270 e. The molecule has 4 rings (SSSR count). The van der Waals surface area contributed by atoms with Crippen molar-refractivity contribution in [2.75, 3.05) is 13.1 Å². The summed E-state index contributed by atoms with van der Waals surface area (Å²) in [4.78, 5) is 15.1. The van der Waals surface area contributed by atoms with Crippen molar-refractivity contribution in [2.45, 2.75) is 32.3 Å². The minimum Gasteiger partial charge on any atom is -0.392 e. The van der Waals surface area contributed by atoms with Crippen LogP contribution >= 0.6 is 0 Å². The molecule has 1 fully saturated rings. The van der Waals surface area contributed by atoms with E-state index in [1.54, 1.807) is 0 Å². The van der Waals surface area contributed by atoms with Gasteiger partial charge in [-0.3, -0.25) is 4.79 Å². The van der Waals surface area contributed by atoms with Crippen molar-refractivity contribution < 1.29 is 9.90 Å². The van der Waals surface area contributed by atoms with Gasteiger partial charge < -0.3 is 14.6 Å². The first kappa shape index (κ1) is 18.8. The molecule has 1 saturated heterocycles. The number of hydrogen-bond donors (Lipinski definition) is 1. The Balaban J connectivity index is 1.42. The average Bonchev–Trinajstić information content (AvgIpc) is 3.06. The summed E-state index contributed by atoms with van der Waals surface area (Å²) in [5.41, 5.74) is 4.22. The standard InChI is InChI=1S/C24H28N2O2/c1-17-7-6-10-20-16-21(25(2)23(17)20)24(28)26-13-11-19(12-14-26)22(27)15-18-8-4-3-5-9-18/h3-10,16,19,22,27H,11-15H2,1-2H3/t22-/m1/s1. The molecule has 28 heavy (non-hydrogen) atoms. The topological polar surface area (TPSA) is 45.5 Å². The van der Waals surface area contributed by atoms with E-state index >= 15 is 0 Å². The molecular weight excluding hydrogens is 348 g/mol. The Morgan fingerprint density at radius 3 is 2.50 bits per heavy atom. The van der Waals surface area contributed by atoms with Crippen molar-refractivity contribution in [3.8, 4) is 0 Å². The van der Waals surface area contributed by atoms with E-state index < -0.39 is 0 Å². The van der Waals surface area contributed by atoms with E-state index in [9.17, 15) is 9.90 Å². The van der Waals surface area contributed by atoms with Gasteiger partial charge in [0.05, 0.1) is 11.6 Å². The number of aryl methyl sites for hydroxylation is 2. The number of likely N-dealkylation sites (tertiary alicyclic amines) is 1. The van der Waals surface area contributed by atoms with E-state index in [1.165, 1.54) is 11.1 Å². The normalized spacial score (nSPS) is 16.5. The minimum atomic E-state index is -0.347. The lowest BCUT2D eigenvalue weighted by Crippen LogP contribution is -2.42. The second-order valence-electron chi connectivity index (χ2n) is 7.99. The van der Waals surface area contributed by atoms with E-state index in [0.717, 1.165) is 29.4 Å². The molecule has 2 aromatic carbocycles. The number of fused-ring (bicyclic) bond motifs is 1. The fourth-order valence-corrected chi connectivity index (χ4v) is 4.50. The van der Waals surface area contributed by atoms with Gasteiger partial charge in [-0.05, 0) is 49.3 Å². The molecule has 146 valence electrons. The van der Waals surface area contributed by atoms with Gasteiger partial charge in [-0.1, -0.05) is 48.5 Å². The molecule has 1 aliphatic heterocycles. The van der Waals surface area contributed by atoms with Gasteiger partial charge in [0.1, 0.15) is 5.69 Å². The Bertz CT molecular complexity index is 969. The van der Waals surface area contributed by atoms with Crippen LogP contribution in [-0.4, -0.2) is 39.7 Å². The van der Waals surface area contributed by atoms with E-state index in [4.69, 9.17) is 0 Å². The van der Waals surface area contributed by atoms with Crippen LogP contribution in [0.4, 0.5) is 0 Å². The highest BCUT2D eigenvalue weighted by atomic mass is 16.3. The van der Waals surface area contributed by atoms with Crippen molar-refractivity contribution in [3.05, 3.63) is 71.4 Å². The molecule has 0 aliphatic carbocycles. The van der Waals surface area contributed by atoms with Gasteiger partial charge in [0.25, 0.3) is 5.91 Å². The number of nitrogens with zero attached hydrogens (tertiary/aromatic N) is 2. The van der Waals surface area contributed by atoms with E-state index in [2.05, 4.69) is 31.2 Å². The van der Waals surface area contributed by atoms with Crippen molar-refractivity contribution >= 4 is 16.8 Å². The summed E-state index contributed by atoms with van der Waals surface area (Å²) in [5.74, 6) is 0.341. The molecule has 1 N–H and O–H groups in total. The third-order valence-electron chi connectivity index (χ3n) is 6.14. The third kappa shape index (κ3) is 3.57. The fourth-order valence-electron chi connectivity index (χ4n) is 4.50. The van der Waals surface area contributed by atoms with Crippen molar-refractivity contribution in [2.24, 2.45) is 13.0 Å². The first-order valence-corrected chi connectivity index (χ1v) is 10.1. The van der Waals surface area contributed by atoms with Gasteiger partial charge in [-0.2, -0.15) is 0 Å². The monoisotopic (exact) mass is 376 g/mol. The summed E-state index contributed by atoms with van der Waals surface area (Å²) in [6.45, 7) is 3.49. The highest BCUT2D eigenvalue weighted by molar-refractivity contribution is 5.99. The predicted molar refractivity (Wildman–Crippen MR) is 112 cm³/mol. The quantitative estimate of drug-likeness (QED) is 0.750. The number of aliphatic hydroxyl groups excluding tert-OH is 1. The van der Waals surface area contributed by atoms with Crippen LogP contribution in [0.25, 0.3) is 10.9 Å². The van der Waals surface area contributed by atoms with Gasteiger partial charge in [-0.25, -0.2) is 0 Å². The number of para-hydroxylation sites is 1. The minimum absolute atomic E-state index is 0.0918. The summed E-state index contributed by atoms with van der Waals surface area (Å²) >= 11 is 0. The largest absolute Gasteiger partial charge is 0.392 e. The van der Waals surface area contributed by atoms with E-state index in [-0.39, 0.29) is 17.9 Å². The predicted octanol–water partition coefficient (Wildman–Crippen LogP) is 3.94. The number of rotatable bonds is 4. The molecule has 0 radical (unpaired) electrons. The zero-order valence-electron chi connectivity index (χ0n) is 16.6. The molecule has 1 atom stereocenters. The first-order valence-electron chi connectivity index (χ1n) is 10.1. The Morgan fingerprint density at radius 2 is 1.82 bits per heavy atom.